The Hall–Kier alpha value is -4.47. The van der Waals surface area contributed by atoms with Crippen LogP contribution in [0.25, 0.3) is 22.0 Å². The van der Waals surface area contributed by atoms with Crippen LogP contribution >= 0.6 is 0 Å². The quantitative estimate of drug-likeness (QED) is 0.161. The van der Waals surface area contributed by atoms with Crippen LogP contribution in [0.1, 0.15) is 36.0 Å². The van der Waals surface area contributed by atoms with Gasteiger partial charge in [-0.15, -0.1) is 5.10 Å². The van der Waals surface area contributed by atoms with Crippen LogP contribution in [-0.4, -0.2) is 51.4 Å². The zero-order chi connectivity index (χ0) is 28.3. The van der Waals surface area contributed by atoms with Gasteiger partial charge in [0.15, 0.2) is 0 Å². The molecule has 206 valence electrons. The molecule has 10 heteroatoms. The molecule has 1 atom stereocenters. The van der Waals surface area contributed by atoms with Crippen molar-refractivity contribution in [1.29, 1.82) is 0 Å². The molecule has 2 aromatic heterocycles. The molecule has 1 aliphatic heterocycles. The number of amides is 1. The Morgan fingerprint density at radius 1 is 1.10 bits per heavy atom. The van der Waals surface area contributed by atoms with Gasteiger partial charge in [0, 0.05) is 24.4 Å². The van der Waals surface area contributed by atoms with E-state index in [2.05, 4.69) is 21.8 Å². The SMILES string of the molecule is C=CC(=O)N1CCC[C@@H](Oc2ccc(/C(=C(/CC(F)(F)F)c3ccccc3)c3ccc4[nH]nc(F)c4c3)cn2)C1. The molecule has 3 heterocycles. The lowest BCUT2D eigenvalue weighted by molar-refractivity contribution is -0.128. The maximum Gasteiger partial charge on any atom is 0.393 e. The van der Waals surface area contributed by atoms with Gasteiger partial charge in [-0.1, -0.05) is 43.0 Å². The number of nitrogens with one attached hydrogen (secondary N) is 1. The minimum absolute atomic E-state index is 0.0256. The van der Waals surface area contributed by atoms with Crippen molar-refractivity contribution in [2.75, 3.05) is 13.1 Å². The lowest BCUT2D eigenvalue weighted by Crippen LogP contribution is -2.43. The van der Waals surface area contributed by atoms with E-state index in [1.165, 1.54) is 18.3 Å². The van der Waals surface area contributed by atoms with Gasteiger partial charge in [-0.05, 0) is 59.4 Å². The third-order valence-electron chi connectivity index (χ3n) is 6.78. The molecule has 0 aliphatic carbocycles. The van der Waals surface area contributed by atoms with Crippen LogP contribution in [0.2, 0.25) is 0 Å². The summed E-state index contributed by atoms with van der Waals surface area (Å²) in [5.41, 5.74) is 1.90. The molecule has 1 aliphatic rings. The van der Waals surface area contributed by atoms with Crippen LogP contribution in [0.3, 0.4) is 0 Å². The summed E-state index contributed by atoms with van der Waals surface area (Å²) in [6.07, 6.45) is -1.77. The van der Waals surface area contributed by atoms with Crippen LogP contribution in [0, 0.1) is 5.95 Å². The van der Waals surface area contributed by atoms with E-state index >= 15 is 0 Å². The average Bonchev–Trinajstić information content (AvgIpc) is 3.33. The second-order valence-electron chi connectivity index (χ2n) is 9.54. The number of piperidine rings is 1. The van der Waals surface area contributed by atoms with Gasteiger partial charge in [0.1, 0.15) is 6.10 Å². The smallest absolute Gasteiger partial charge is 0.393 e. The molecule has 0 spiro atoms. The molecule has 1 N–H and O–H groups in total. The van der Waals surface area contributed by atoms with E-state index in [9.17, 15) is 22.4 Å². The van der Waals surface area contributed by atoms with Gasteiger partial charge in [0.25, 0.3) is 0 Å². The lowest BCUT2D eigenvalue weighted by atomic mass is 9.88. The Bertz CT molecular complexity index is 1550. The van der Waals surface area contributed by atoms with Crippen molar-refractivity contribution in [3.63, 3.8) is 0 Å². The normalized spacial score (nSPS) is 16.5. The van der Waals surface area contributed by atoms with E-state index in [1.807, 2.05) is 0 Å². The fourth-order valence-corrected chi connectivity index (χ4v) is 4.96. The van der Waals surface area contributed by atoms with E-state index in [4.69, 9.17) is 4.74 Å². The third kappa shape index (κ3) is 6.06. The molecule has 6 nitrogen and oxygen atoms in total. The van der Waals surface area contributed by atoms with E-state index in [0.717, 1.165) is 12.8 Å². The molecule has 0 saturated carbocycles. The first-order valence-corrected chi connectivity index (χ1v) is 12.8. The van der Waals surface area contributed by atoms with E-state index in [-0.39, 0.29) is 34.4 Å². The monoisotopic (exact) mass is 550 g/mol. The number of carbonyl (C=O) groups is 1. The summed E-state index contributed by atoms with van der Waals surface area (Å²) >= 11 is 0. The number of likely N-dealkylation sites (tertiary alicyclic amines) is 1. The molecule has 1 fully saturated rings. The minimum atomic E-state index is -4.51. The maximum atomic E-state index is 14.4. The largest absolute Gasteiger partial charge is 0.472 e. The zero-order valence-electron chi connectivity index (χ0n) is 21.4. The summed E-state index contributed by atoms with van der Waals surface area (Å²) < 4.78 is 62.1. The fraction of sp³-hybridized carbons (Fsp3) is 0.233. The number of aromatic nitrogens is 3. The number of pyridine rings is 1. The fourth-order valence-electron chi connectivity index (χ4n) is 4.96. The number of halogens is 4. The van der Waals surface area contributed by atoms with Crippen molar-refractivity contribution in [3.8, 4) is 5.88 Å². The van der Waals surface area contributed by atoms with Crippen LogP contribution < -0.4 is 4.74 Å². The molecule has 40 heavy (non-hydrogen) atoms. The number of H-pyrrole nitrogens is 1. The van der Waals surface area contributed by atoms with Gasteiger partial charge in [-0.25, -0.2) is 4.98 Å². The number of nitrogens with zero attached hydrogens (tertiary/aromatic N) is 3. The molecule has 0 unspecified atom stereocenters. The molecule has 5 rings (SSSR count). The van der Waals surface area contributed by atoms with Crippen LogP contribution in [0.4, 0.5) is 17.6 Å². The minimum Gasteiger partial charge on any atom is -0.472 e. The number of aromatic amines is 1. The number of alkyl halides is 3. The van der Waals surface area contributed by atoms with Crippen molar-refractivity contribution >= 4 is 28.0 Å². The summed E-state index contributed by atoms with van der Waals surface area (Å²) in [7, 11) is 0. The number of hydrogen-bond acceptors (Lipinski definition) is 4. The molecular weight excluding hydrogens is 524 g/mol. The van der Waals surface area contributed by atoms with Crippen molar-refractivity contribution < 1.29 is 27.1 Å². The second kappa shape index (κ2) is 11.3. The molecule has 1 saturated heterocycles. The predicted octanol–water partition coefficient (Wildman–Crippen LogP) is 6.56. The first-order valence-electron chi connectivity index (χ1n) is 12.8. The van der Waals surface area contributed by atoms with Gasteiger partial charge < -0.3 is 9.64 Å². The molecule has 2 aromatic carbocycles. The summed E-state index contributed by atoms with van der Waals surface area (Å²) in [6.45, 7) is 4.54. The Morgan fingerprint density at radius 2 is 1.88 bits per heavy atom. The summed E-state index contributed by atoms with van der Waals surface area (Å²) in [5, 5.41) is 6.31. The average molecular weight is 551 g/mol. The molecule has 1 amide bonds. The predicted molar refractivity (Wildman–Crippen MR) is 144 cm³/mol. The number of benzene rings is 2. The van der Waals surface area contributed by atoms with E-state index in [1.54, 1.807) is 59.5 Å². The highest BCUT2D eigenvalue weighted by molar-refractivity contribution is 6.00. The Kier molecular flexibility index (Phi) is 7.68. The van der Waals surface area contributed by atoms with Gasteiger partial charge in [-0.2, -0.15) is 17.6 Å². The van der Waals surface area contributed by atoms with E-state index in [0.29, 0.717) is 35.3 Å². The Balaban J connectivity index is 1.56. The highest BCUT2D eigenvalue weighted by Crippen LogP contribution is 2.40. The Labute approximate surface area is 228 Å². The summed E-state index contributed by atoms with van der Waals surface area (Å²) in [6, 6.07) is 16.2. The van der Waals surface area contributed by atoms with E-state index < -0.39 is 18.5 Å². The first-order chi connectivity index (χ1) is 19.2. The highest BCUT2D eigenvalue weighted by atomic mass is 19.4. The molecular formula is C30H26F4N4O2. The standard InChI is InChI=1S/C30H26F4N4O2/c1-2-27(39)38-14-6-9-22(18-38)40-26-13-11-21(17-35-26)28(20-10-12-25-23(15-20)29(31)37-36-25)24(16-30(32,33)34)19-7-4-3-5-8-19/h2-5,7-8,10-13,15,17,22H,1,6,9,14,16,18H2,(H,36,37)/b28-24-/t22-/m1/s1. The van der Waals surface area contributed by atoms with Gasteiger partial charge in [0.05, 0.1) is 23.9 Å². The summed E-state index contributed by atoms with van der Waals surface area (Å²) in [5.74, 6) is -0.628. The summed E-state index contributed by atoms with van der Waals surface area (Å²) in [4.78, 5) is 18.1. The van der Waals surface area contributed by atoms with Crippen molar-refractivity contribution in [2.45, 2.75) is 31.5 Å². The van der Waals surface area contributed by atoms with Crippen molar-refractivity contribution in [3.05, 3.63) is 102 Å². The highest BCUT2D eigenvalue weighted by Gasteiger charge is 2.32. The van der Waals surface area contributed by atoms with Crippen molar-refractivity contribution in [2.24, 2.45) is 0 Å². The topological polar surface area (TPSA) is 71.1 Å². The number of hydrogen-bond donors (Lipinski definition) is 1. The Morgan fingerprint density at radius 3 is 2.58 bits per heavy atom. The van der Waals surface area contributed by atoms with Gasteiger partial charge >= 0.3 is 6.18 Å². The second-order valence-corrected chi connectivity index (χ2v) is 9.54. The van der Waals surface area contributed by atoms with Gasteiger partial charge in [0.2, 0.25) is 17.7 Å². The van der Waals surface area contributed by atoms with Crippen LogP contribution in [0.15, 0.2) is 79.5 Å². The third-order valence-corrected chi connectivity index (χ3v) is 6.78. The number of allylic oxidation sites excluding steroid dienone is 1. The number of fused-ring (bicyclic) bond motifs is 1. The number of rotatable bonds is 7. The van der Waals surface area contributed by atoms with Gasteiger partial charge in [-0.3, -0.25) is 9.89 Å². The lowest BCUT2D eigenvalue weighted by Gasteiger charge is -2.32. The maximum absolute atomic E-state index is 14.4. The van der Waals surface area contributed by atoms with Crippen LogP contribution in [0.5, 0.6) is 5.88 Å². The van der Waals surface area contributed by atoms with Crippen LogP contribution in [-0.2, 0) is 4.79 Å². The molecule has 0 bridgehead atoms. The molecule has 4 aromatic rings. The number of ether oxygens (including phenoxy) is 1. The van der Waals surface area contributed by atoms with Crippen molar-refractivity contribution in [1.82, 2.24) is 20.1 Å². The first kappa shape index (κ1) is 27.1. The zero-order valence-corrected chi connectivity index (χ0v) is 21.4. The number of carbonyl (C=O) groups excluding carboxylic acids is 1. The molecule has 0 radical (unpaired) electrons.